The first kappa shape index (κ1) is 16.5. The maximum atomic E-state index is 14.1. The first-order chi connectivity index (χ1) is 12.2. The highest BCUT2D eigenvalue weighted by Gasteiger charge is 2.24. The summed E-state index contributed by atoms with van der Waals surface area (Å²) in [4.78, 5) is 2.35. The van der Waals surface area contributed by atoms with Gasteiger partial charge in [-0.25, -0.2) is 4.39 Å². The minimum absolute atomic E-state index is 0.0363. The Labute approximate surface area is 148 Å². The van der Waals surface area contributed by atoms with Gasteiger partial charge in [0.1, 0.15) is 5.82 Å². The number of aryl methyl sites for hydroxylation is 2. The quantitative estimate of drug-likeness (QED) is 0.852. The SMILES string of the molecule is CN1CCC(=C2c3cc(F)ccc3CCc3ccc(CO)cc32)CC1. The molecule has 25 heavy (non-hydrogen) atoms. The van der Waals surface area contributed by atoms with E-state index in [4.69, 9.17) is 0 Å². The number of hydrogen-bond donors (Lipinski definition) is 1. The van der Waals surface area contributed by atoms with Crippen LogP contribution in [-0.2, 0) is 19.4 Å². The molecule has 0 radical (unpaired) electrons. The van der Waals surface area contributed by atoms with Crippen LogP contribution in [0, 0.1) is 5.82 Å². The van der Waals surface area contributed by atoms with Gasteiger partial charge in [0.2, 0.25) is 0 Å². The Hall–Kier alpha value is -1.97. The molecule has 3 heteroatoms. The monoisotopic (exact) mass is 337 g/mol. The molecule has 4 rings (SSSR count). The van der Waals surface area contributed by atoms with Gasteiger partial charge in [-0.1, -0.05) is 23.8 Å². The smallest absolute Gasteiger partial charge is 0.123 e. The molecule has 0 bridgehead atoms. The molecule has 1 saturated heterocycles. The van der Waals surface area contributed by atoms with Crippen molar-refractivity contribution in [2.24, 2.45) is 0 Å². The molecule has 2 aromatic rings. The molecular formula is C22H24FNO. The zero-order valence-corrected chi connectivity index (χ0v) is 14.7. The molecule has 1 heterocycles. The molecule has 1 fully saturated rings. The Morgan fingerprint density at radius 1 is 0.920 bits per heavy atom. The van der Waals surface area contributed by atoms with E-state index in [-0.39, 0.29) is 12.4 Å². The van der Waals surface area contributed by atoms with Crippen LogP contribution in [0.15, 0.2) is 42.0 Å². The second-order valence-electron chi connectivity index (χ2n) is 7.23. The van der Waals surface area contributed by atoms with Crippen LogP contribution in [0.1, 0.15) is 40.7 Å². The summed E-state index contributed by atoms with van der Waals surface area (Å²) in [6.07, 6.45) is 3.92. The number of nitrogens with zero attached hydrogens (tertiary/aromatic N) is 1. The van der Waals surface area contributed by atoms with E-state index in [2.05, 4.69) is 24.1 Å². The fourth-order valence-electron chi connectivity index (χ4n) is 4.11. The molecule has 0 saturated carbocycles. The molecular weight excluding hydrogens is 313 g/mol. The lowest BCUT2D eigenvalue weighted by Crippen LogP contribution is -2.27. The summed E-state index contributed by atoms with van der Waals surface area (Å²) in [5, 5.41) is 9.60. The average Bonchev–Trinajstić information content (AvgIpc) is 2.78. The first-order valence-electron chi connectivity index (χ1n) is 9.08. The third kappa shape index (κ3) is 3.14. The van der Waals surface area contributed by atoms with Crippen molar-refractivity contribution in [3.8, 4) is 0 Å². The molecule has 2 nitrogen and oxygen atoms in total. The molecule has 2 aliphatic rings. The van der Waals surface area contributed by atoms with Gasteiger partial charge in [0.15, 0.2) is 0 Å². The minimum atomic E-state index is -0.174. The first-order valence-corrected chi connectivity index (χ1v) is 9.08. The van der Waals surface area contributed by atoms with Gasteiger partial charge in [0, 0.05) is 13.1 Å². The van der Waals surface area contributed by atoms with E-state index in [1.54, 1.807) is 12.1 Å². The summed E-state index contributed by atoms with van der Waals surface area (Å²) in [5.74, 6) is -0.174. The Bertz CT molecular complexity index is 830. The van der Waals surface area contributed by atoms with Gasteiger partial charge < -0.3 is 10.0 Å². The van der Waals surface area contributed by atoms with Gasteiger partial charge in [-0.2, -0.15) is 0 Å². The molecule has 1 aliphatic heterocycles. The van der Waals surface area contributed by atoms with Crippen molar-refractivity contribution in [1.29, 1.82) is 0 Å². The number of fused-ring (bicyclic) bond motifs is 2. The van der Waals surface area contributed by atoms with Crippen LogP contribution in [0.3, 0.4) is 0 Å². The Morgan fingerprint density at radius 3 is 2.24 bits per heavy atom. The number of likely N-dealkylation sites (tertiary alicyclic amines) is 1. The lowest BCUT2D eigenvalue weighted by Gasteiger charge is -2.27. The van der Waals surface area contributed by atoms with E-state index >= 15 is 0 Å². The predicted molar refractivity (Wildman–Crippen MR) is 98.9 cm³/mol. The maximum absolute atomic E-state index is 14.1. The van der Waals surface area contributed by atoms with E-state index in [1.165, 1.54) is 27.8 Å². The third-order valence-corrected chi connectivity index (χ3v) is 5.58. The lowest BCUT2D eigenvalue weighted by molar-refractivity contribution is 0.282. The van der Waals surface area contributed by atoms with Crippen LogP contribution >= 0.6 is 0 Å². The number of benzene rings is 2. The van der Waals surface area contributed by atoms with Crippen LogP contribution in [0.5, 0.6) is 0 Å². The van der Waals surface area contributed by atoms with Gasteiger partial charge in [-0.05, 0) is 84.3 Å². The highest BCUT2D eigenvalue weighted by Crippen LogP contribution is 2.39. The molecule has 0 atom stereocenters. The van der Waals surface area contributed by atoms with E-state index in [0.717, 1.165) is 49.9 Å². The fraction of sp³-hybridized carbons (Fsp3) is 0.364. The van der Waals surface area contributed by atoms with Crippen molar-refractivity contribution in [3.05, 3.63) is 75.6 Å². The van der Waals surface area contributed by atoms with Crippen LogP contribution < -0.4 is 0 Å². The van der Waals surface area contributed by atoms with E-state index < -0.39 is 0 Å². The van der Waals surface area contributed by atoms with Gasteiger partial charge >= 0.3 is 0 Å². The topological polar surface area (TPSA) is 23.5 Å². The number of aliphatic hydroxyl groups excluding tert-OH is 1. The van der Waals surface area contributed by atoms with E-state index in [1.807, 2.05) is 12.1 Å². The van der Waals surface area contributed by atoms with Crippen molar-refractivity contribution >= 4 is 5.57 Å². The van der Waals surface area contributed by atoms with E-state index in [9.17, 15) is 9.50 Å². The predicted octanol–water partition coefficient (Wildman–Crippen LogP) is 3.94. The summed E-state index contributed by atoms with van der Waals surface area (Å²) >= 11 is 0. The lowest BCUT2D eigenvalue weighted by atomic mass is 9.85. The number of hydrogen-bond acceptors (Lipinski definition) is 2. The van der Waals surface area contributed by atoms with E-state index in [0.29, 0.717) is 0 Å². The molecule has 0 aromatic heterocycles. The molecule has 0 unspecified atom stereocenters. The standard InChI is InChI=1S/C22H24FNO/c1-24-10-8-18(9-11-24)22-20-12-15(14-25)2-3-16(20)4-5-17-6-7-19(23)13-21(17)22/h2-3,6-7,12-13,25H,4-5,8-11,14H2,1H3. The van der Waals surface area contributed by atoms with Crippen LogP contribution in [0.2, 0.25) is 0 Å². The van der Waals surface area contributed by atoms with Crippen molar-refractivity contribution < 1.29 is 9.50 Å². The van der Waals surface area contributed by atoms with Gasteiger partial charge in [-0.15, -0.1) is 0 Å². The maximum Gasteiger partial charge on any atom is 0.123 e. The number of aliphatic hydroxyl groups is 1. The van der Waals surface area contributed by atoms with Crippen molar-refractivity contribution in [2.45, 2.75) is 32.3 Å². The van der Waals surface area contributed by atoms with Gasteiger partial charge in [-0.3, -0.25) is 0 Å². The Morgan fingerprint density at radius 2 is 1.56 bits per heavy atom. The summed E-state index contributed by atoms with van der Waals surface area (Å²) in [6.45, 7) is 2.12. The Kier molecular flexibility index (Phi) is 4.45. The summed E-state index contributed by atoms with van der Waals surface area (Å²) in [5.41, 5.74) is 8.32. The van der Waals surface area contributed by atoms with Gasteiger partial charge in [0.05, 0.1) is 6.61 Å². The van der Waals surface area contributed by atoms with Crippen molar-refractivity contribution in [1.82, 2.24) is 4.90 Å². The molecule has 0 spiro atoms. The molecule has 1 N–H and O–H groups in total. The average molecular weight is 337 g/mol. The van der Waals surface area contributed by atoms with Crippen LogP contribution in [-0.4, -0.2) is 30.1 Å². The minimum Gasteiger partial charge on any atom is -0.392 e. The Balaban J connectivity index is 1.96. The highest BCUT2D eigenvalue weighted by molar-refractivity contribution is 5.86. The molecule has 130 valence electrons. The third-order valence-electron chi connectivity index (χ3n) is 5.58. The van der Waals surface area contributed by atoms with Crippen LogP contribution in [0.25, 0.3) is 5.57 Å². The van der Waals surface area contributed by atoms with Crippen molar-refractivity contribution in [3.63, 3.8) is 0 Å². The van der Waals surface area contributed by atoms with Crippen LogP contribution in [0.4, 0.5) is 4.39 Å². The summed E-state index contributed by atoms with van der Waals surface area (Å²) < 4.78 is 14.1. The fourth-order valence-corrected chi connectivity index (χ4v) is 4.11. The number of piperidine rings is 1. The zero-order valence-electron chi connectivity index (χ0n) is 14.7. The second-order valence-corrected chi connectivity index (χ2v) is 7.23. The van der Waals surface area contributed by atoms with Gasteiger partial charge in [0.25, 0.3) is 0 Å². The molecule has 1 aliphatic carbocycles. The number of halogens is 1. The number of rotatable bonds is 1. The summed E-state index contributed by atoms with van der Waals surface area (Å²) in [7, 11) is 2.15. The second kappa shape index (κ2) is 6.74. The normalized spacial score (nSPS) is 17.9. The largest absolute Gasteiger partial charge is 0.392 e. The molecule has 0 amide bonds. The molecule has 2 aromatic carbocycles. The highest BCUT2D eigenvalue weighted by atomic mass is 19.1. The summed E-state index contributed by atoms with van der Waals surface area (Å²) in [6, 6.07) is 11.5. The zero-order chi connectivity index (χ0) is 17.4. The van der Waals surface area contributed by atoms with Crippen molar-refractivity contribution in [2.75, 3.05) is 20.1 Å².